The van der Waals surface area contributed by atoms with Crippen LogP contribution >= 0.6 is 27.7 Å². The van der Waals surface area contributed by atoms with Gasteiger partial charge in [-0.15, -0.1) is 10.2 Å². The molecule has 0 saturated heterocycles. The van der Waals surface area contributed by atoms with Crippen molar-refractivity contribution in [2.45, 2.75) is 5.16 Å². The Balaban J connectivity index is 2.21. The van der Waals surface area contributed by atoms with Crippen molar-refractivity contribution < 1.29 is 4.79 Å². The van der Waals surface area contributed by atoms with E-state index < -0.39 is 0 Å². The predicted octanol–water partition coefficient (Wildman–Crippen LogP) is 1.33. The second kappa shape index (κ2) is 6.18. The van der Waals surface area contributed by atoms with E-state index in [4.69, 9.17) is 5.84 Å². The Bertz CT molecular complexity index is 601. The molecule has 6 nitrogen and oxygen atoms in total. The maximum Gasteiger partial charge on any atom is 0.244 e. The van der Waals surface area contributed by atoms with Gasteiger partial charge in [-0.2, -0.15) is 0 Å². The summed E-state index contributed by atoms with van der Waals surface area (Å²) < 4.78 is 2.82. The van der Waals surface area contributed by atoms with Crippen molar-refractivity contribution in [1.29, 1.82) is 0 Å². The summed E-state index contributed by atoms with van der Waals surface area (Å²) in [6.07, 6.45) is 0. The number of carbonyl (C=O) groups excluding carboxylic acids is 1. The van der Waals surface area contributed by atoms with Crippen molar-refractivity contribution in [2.75, 3.05) is 5.75 Å². The van der Waals surface area contributed by atoms with Crippen LogP contribution < -0.4 is 11.3 Å². The lowest BCUT2D eigenvalue weighted by molar-refractivity contribution is -0.118. The number of hydrogen-bond acceptors (Lipinski definition) is 5. The number of halogens is 1. The van der Waals surface area contributed by atoms with Crippen LogP contribution in [-0.2, 0) is 11.8 Å². The SMILES string of the molecule is Cn1c(SCC(=O)NN)nnc1-c1cccc(Br)c1. The molecule has 2 rings (SSSR count). The normalized spacial score (nSPS) is 10.5. The summed E-state index contributed by atoms with van der Waals surface area (Å²) in [7, 11) is 1.86. The molecule has 0 saturated carbocycles. The van der Waals surface area contributed by atoms with E-state index in [0.717, 1.165) is 15.9 Å². The molecule has 8 heteroatoms. The van der Waals surface area contributed by atoms with E-state index in [9.17, 15) is 4.79 Å². The minimum Gasteiger partial charge on any atom is -0.305 e. The van der Waals surface area contributed by atoms with Crippen LogP contribution in [0.5, 0.6) is 0 Å². The summed E-state index contributed by atoms with van der Waals surface area (Å²) in [4.78, 5) is 11.1. The summed E-state index contributed by atoms with van der Waals surface area (Å²) in [5, 5.41) is 8.87. The highest BCUT2D eigenvalue weighted by Crippen LogP contribution is 2.24. The zero-order valence-corrected chi connectivity index (χ0v) is 12.5. The molecular formula is C11H12BrN5OS. The van der Waals surface area contributed by atoms with Gasteiger partial charge in [0.05, 0.1) is 5.75 Å². The number of thioether (sulfide) groups is 1. The molecule has 0 aliphatic rings. The standard InChI is InChI=1S/C11H12BrN5OS/c1-17-10(7-3-2-4-8(12)5-7)15-16-11(17)19-6-9(18)14-13/h2-5H,6,13H2,1H3,(H,14,18). The fraction of sp³-hybridized carbons (Fsp3) is 0.182. The second-order valence-corrected chi connectivity index (χ2v) is 5.59. The molecule has 1 amide bonds. The predicted molar refractivity (Wildman–Crippen MR) is 77.2 cm³/mol. The number of carbonyl (C=O) groups is 1. The molecular weight excluding hydrogens is 330 g/mol. The van der Waals surface area contributed by atoms with Crippen LogP contribution in [-0.4, -0.2) is 26.4 Å². The van der Waals surface area contributed by atoms with Gasteiger partial charge in [-0.25, -0.2) is 5.84 Å². The summed E-state index contributed by atoms with van der Waals surface area (Å²) in [6, 6.07) is 7.80. The van der Waals surface area contributed by atoms with Crippen molar-refractivity contribution in [1.82, 2.24) is 20.2 Å². The van der Waals surface area contributed by atoms with E-state index >= 15 is 0 Å². The van der Waals surface area contributed by atoms with E-state index in [2.05, 4.69) is 31.6 Å². The molecule has 0 fully saturated rings. The van der Waals surface area contributed by atoms with Gasteiger partial charge >= 0.3 is 0 Å². The Labute approximate surface area is 122 Å². The number of nitrogens with zero attached hydrogens (tertiary/aromatic N) is 3. The van der Waals surface area contributed by atoms with Crippen LogP contribution in [0.3, 0.4) is 0 Å². The van der Waals surface area contributed by atoms with Crippen LogP contribution in [0.2, 0.25) is 0 Å². The average molecular weight is 342 g/mol. The largest absolute Gasteiger partial charge is 0.305 e. The molecule has 19 heavy (non-hydrogen) atoms. The number of aromatic nitrogens is 3. The number of hydrogen-bond donors (Lipinski definition) is 2. The van der Waals surface area contributed by atoms with E-state index in [1.165, 1.54) is 11.8 Å². The number of rotatable bonds is 4. The molecule has 0 atom stereocenters. The summed E-state index contributed by atoms with van der Waals surface area (Å²) in [5.74, 6) is 5.73. The molecule has 1 aromatic carbocycles. The lowest BCUT2D eigenvalue weighted by Crippen LogP contribution is -2.31. The van der Waals surface area contributed by atoms with Crippen molar-refractivity contribution >= 4 is 33.6 Å². The van der Waals surface area contributed by atoms with E-state index in [0.29, 0.717) is 5.16 Å². The first kappa shape index (κ1) is 14.0. The van der Waals surface area contributed by atoms with Crippen molar-refractivity contribution in [3.8, 4) is 11.4 Å². The zero-order chi connectivity index (χ0) is 13.8. The molecule has 0 spiro atoms. The van der Waals surface area contributed by atoms with Gasteiger partial charge < -0.3 is 4.57 Å². The van der Waals surface area contributed by atoms with Crippen LogP contribution in [0.4, 0.5) is 0 Å². The zero-order valence-electron chi connectivity index (χ0n) is 10.1. The molecule has 0 radical (unpaired) electrons. The molecule has 0 aliphatic heterocycles. The lowest BCUT2D eigenvalue weighted by Gasteiger charge is -2.04. The van der Waals surface area contributed by atoms with Crippen molar-refractivity contribution in [3.05, 3.63) is 28.7 Å². The van der Waals surface area contributed by atoms with Crippen LogP contribution in [0.25, 0.3) is 11.4 Å². The Morgan fingerprint density at radius 1 is 1.53 bits per heavy atom. The number of nitrogens with one attached hydrogen (secondary N) is 1. The number of hydrazine groups is 1. The van der Waals surface area contributed by atoms with Crippen molar-refractivity contribution in [3.63, 3.8) is 0 Å². The highest BCUT2D eigenvalue weighted by atomic mass is 79.9. The molecule has 1 heterocycles. The number of amides is 1. The number of nitrogens with two attached hydrogens (primary N) is 1. The smallest absolute Gasteiger partial charge is 0.244 e. The third kappa shape index (κ3) is 3.34. The van der Waals surface area contributed by atoms with Gasteiger partial charge in [0.25, 0.3) is 0 Å². The third-order valence-electron chi connectivity index (χ3n) is 2.41. The lowest BCUT2D eigenvalue weighted by atomic mass is 10.2. The quantitative estimate of drug-likeness (QED) is 0.379. The van der Waals surface area contributed by atoms with Gasteiger partial charge in [0.2, 0.25) is 5.91 Å². The van der Waals surface area contributed by atoms with Gasteiger partial charge in [0, 0.05) is 17.1 Å². The van der Waals surface area contributed by atoms with E-state index in [1.54, 1.807) is 0 Å². The molecule has 3 N–H and O–H groups in total. The number of benzene rings is 1. The highest BCUT2D eigenvalue weighted by molar-refractivity contribution is 9.10. The molecule has 0 aliphatic carbocycles. The van der Waals surface area contributed by atoms with Gasteiger partial charge in [-0.1, -0.05) is 39.8 Å². The minimum absolute atomic E-state index is 0.209. The Kier molecular flexibility index (Phi) is 4.56. The summed E-state index contributed by atoms with van der Waals surface area (Å²) in [6.45, 7) is 0. The Hall–Kier alpha value is -1.38. The Morgan fingerprint density at radius 3 is 3.00 bits per heavy atom. The molecule has 1 aromatic heterocycles. The first-order valence-corrected chi connectivity index (χ1v) is 7.17. The monoisotopic (exact) mass is 341 g/mol. The van der Waals surface area contributed by atoms with Gasteiger partial charge in [0.15, 0.2) is 11.0 Å². The van der Waals surface area contributed by atoms with Gasteiger partial charge in [-0.05, 0) is 12.1 Å². The van der Waals surface area contributed by atoms with Gasteiger partial charge in [-0.3, -0.25) is 10.2 Å². The molecule has 0 unspecified atom stereocenters. The fourth-order valence-electron chi connectivity index (χ4n) is 1.49. The molecule has 0 bridgehead atoms. The van der Waals surface area contributed by atoms with Crippen LogP contribution in [0.1, 0.15) is 0 Å². The summed E-state index contributed by atoms with van der Waals surface area (Å²) >= 11 is 4.71. The van der Waals surface area contributed by atoms with E-state index in [-0.39, 0.29) is 11.7 Å². The van der Waals surface area contributed by atoms with Crippen LogP contribution in [0.15, 0.2) is 33.9 Å². The topological polar surface area (TPSA) is 85.8 Å². The first-order chi connectivity index (χ1) is 9.11. The Morgan fingerprint density at radius 2 is 2.32 bits per heavy atom. The van der Waals surface area contributed by atoms with E-state index in [1.807, 2.05) is 35.9 Å². The third-order valence-corrected chi connectivity index (χ3v) is 3.92. The van der Waals surface area contributed by atoms with Gasteiger partial charge in [0.1, 0.15) is 0 Å². The first-order valence-electron chi connectivity index (χ1n) is 5.39. The molecule has 2 aromatic rings. The molecule has 100 valence electrons. The van der Waals surface area contributed by atoms with Crippen molar-refractivity contribution in [2.24, 2.45) is 12.9 Å². The fourth-order valence-corrected chi connectivity index (χ4v) is 2.61. The maximum atomic E-state index is 11.1. The second-order valence-electron chi connectivity index (χ2n) is 3.73. The maximum absolute atomic E-state index is 11.1. The highest BCUT2D eigenvalue weighted by Gasteiger charge is 2.12. The summed E-state index contributed by atoms with van der Waals surface area (Å²) in [5.41, 5.74) is 3.04. The average Bonchev–Trinajstić information content (AvgIpc) is 2.77. The van der Waals surface area contributed by atoms with Crippen LogP contribution in [0, 0.1) is 0 Å². The minimum atomic E-state index is -0.253.